The Balaban J connectivity index is 1.57. The molecule has 3 aromatic rings. The van der Waals surface area contributed by atoms with Crippen molar-refractivity contribution < 1.29 is 22.0 Å². The minimum atomic E-state index is -3.69. The Kier molecular flexibility index (Phi) is 5.98. The fourth-order valence-electron chi connectivity index (χ4n) is 4.27. The molecule has 1 N–H and O–H groups in total. The Labute approximate surface area is 207 Å². The number of rotatable bonds is 8. The fourth-order valence-corrected chi connectivity index (χ4v) is 5.13. The number of alkyl halides is 2. The van der Waals surface area contributed by atoms with Gasteiger partial charge in [-0.2, -0.15) is 0 Å². The summed E-state index contributed by atoms with van der Waals surface area (Å²) in [4.78, 5) is 25.3. The maximum Gasteiger partial charge on any atom is 0.277 e. The molecule has 0 amide bonds. The van der Waals surface area contributed by atoms with Crippen molar-refractivity contribution in [2.75, 3.05) is 11.6 Å². The molecule has 0 unspecified atom stereocenters. The van der Waals surface area contributed by atoms with Gasteiger partial charge in [0.2, 0.25) is 0 Å². The number of carbonyl (C=O) groups is 1. The third-order valence-electron chi connectivity index (χ3n) is 6.49. The summed E-state index contributed by atoms with van der Waals surface area (Å²) in [6, 6.07) is 6.49. The van der Waals surface area contributed by atoms with Crippen molar-refractivity contribution in [2.45, 2.75) is 43.9 Å². The van der Waals surface area contributed by atoms with Gasteiger partial charge in [0.05, 0.1) is 33.4 Å². The minimum Gasteiger partial charge on any atom is -0.353 e. The third kappa shape index (κ3) is 4.67. The first-order valence-corrected chi connectivity index (χ1v) is 13.4. The van der Waals surface area contributed by atoms with Crippen LogP contribution in [0.4, 0.5) is 25.8 Å². The van der Waals surface area contributed by atoms with Crippen LogP contribution in [0, 0.1) is 12.8 Å². The van der Waals surface area contributed by atoms with Crippen molar-refractivity contribution >= 4 is 38.4 Å². The van der Waals surface area contributed by atoms with Crippen LogP contribution >= 0.6 is 0 Å². The zero-order valence-electron chi connectivity index (χ0n) is 20.0. The molecule has 0 bridgehead atoms. The molecule has 2 aliphatic rings. The second-order valence-corrected chi connectivity index (χ2v) is 11.3. The van der Waals surface area contributed by atoms with E-state index in [0.29, 0.717) is 28.5 Å². The van der Waals surface area contributed by atoms with Crippen molar-refractivity contribution in [3.8, 4) is 11.4 Å². The zero-order valence-corrected chi connectivity index (χ0v) is 20.9. The molecule has 1 aromatic carbocycles. The highest BCUT2D eigenvalue weighted by atomic mass is 32.2. The number of halogens is 2. The molecule has 11 heteroatoms. The number of hydrogen-bond donors (Lipinski definition) is 1. The molecular formula is C25H25F2N5O3S. The molecule has 0 saturated heterocycles. The van der Waals surface area contributed by atoms with Crippen LogP contribution in [-0.2, 0) is 34.5 Å². The molecule has 1 saturated carbocycles. The molecule has 36 heavy (non-hydrogen) atoms. The number of Topliss-reactive ketones (excluding diaryl/α,β-unsaturated/α-hetero) is 1. The predicted molar refractivity (Wildman–Crippen MR) is 132 cm³/mol. The van der Waals surface area contributed by atoms with Crippen molar-refractivity contribution in [1.82, 2.24) is 14.5 Å². The number of carbonyl (C=O) groups excluding carboxylic acids is 1. The Bertz CT molecular complexity index is 1520. The second kappa shape index (κ2) is 8.88. The van der Waals surface area contributed by atoms with E-state index in [0.717, 1.165) is 24.8 Å². The lowest BCUT2D eigenvalue weighted by Crippen LogP contribution is -2.11. The van der Waals surface area contributed by atoms with Crippen LogP contribution in [0.5, 0.6) is 0 Å². The maximum absolute atomic E-state index is 13.4. The average Bonchev–Trinajstić information content (AvgIpc) is 3.49. The van der Waals surface area contributed by atoms with E-state index in [2.05, 4.69) is 20.3 Å². The van der Waals surface area contributed by atoms with E-state index in [-0.39, 0.29) is 46.5 Å². The van der Waals surface area contributed by atoms with Gasteiger partial charge in [-0.05, 0) is 44.0 Å². The van der Waals surface area contributed by atoms with Crippen LogP contribution in [0.1, 0.15) is 29.9 Å². The number of sulfone groups is 1. The lowest BCUT2D eigenvalue weighted by Gasteiger charge is -2.16. The van der Waals surface area contributed by atoms with Crippen molar-refractivity contribution in [3.63, 3.8) is 0 Å². The van der Waals surface area contributed by atoms with Gasteiger partial charge in [-0.1, -0.05) is 0 Å². The molecule has 1 fully saturated rings. The Morgan fingerprint density at radius 2 is 1.97 bits per heavy atom. The first kappa shape index (κ1) is 24.2. The molecular weight excluding hydrogens is 488 g/mol. The number of hydrogen-bond acceptors (Lipinski definition) is 7. The molecule has 8 nitrogen and oxygen atoms in total. The number of benzene rings is 1. The Morgan fingerprint density at radius 3 is 2.58 bits per heavy atom. The summed E-state index contributed by atoms with van der Waals surface area (Å²) in [6.07, 6.45) is 1.74. The Hall–Kier alpha value is -3.47. The van der Waals surface area contributed by atoms with E-state index in [1.807, 2.05) is 18.5 Å². The molecule has 0 atom stereocenters. The molecule has 3 heterocycles. The molecule has 0 radical (unpaired) electrons. The number of anilines is 2. The summed E-state index contributed by atoms with van der Waals surface area (Å²) in [5.41, 5.74) is 2.84. The number of fused-ring (bicyclic) bond motifs is 1. The molecule has 2 aromatic heterocycles. The smallest absolute Gasteiger partial charge is 0.277 e. The van der Waals surface area contributed by atoms with Gasteiger partial charge in [-0.15, -0.1) is 0 Å². The summed E-state index contributed by atoms with van der Waals surface area (Å²) in [6.45, 7) is 1.90. The van der Waals surface area contributed by atoms with Gasteiger partial charge in [-0.3, -0.25) is 9.78 Å². The number of aryl methyl sites for hydroxylation is 1. The minimum absolute atomic E-state index is 0.0258. The van der Waals surface area contributed by atoms with Gasteiger partial charge in [0, 0.05) is 49.5 Å². The van der Waals surface area contributed by atoms with Crippen LogP contribution < -0.4 is 5.32 Å². The number of pyridine rings is 1. The van der Waals surface area contributed by atoms with Crippen molar-refractivity contribution in [2.24, 2.45) is 18.0 Å². The van der Waals surface area contributed by atoms with Crippen molar-refractivity contribution in [3.05, 3.63) is 47.5 Å². The number of ketones is 1. The number of nitrogens with one attached hydrogen (secondary N) is 1. The molecule has 188 valence electrons. The quantitative estimate of drug-likeness (QED) is 0.480. The highest BCUT2D eigenvalue weighted by Gasteiger charge is 2.31. The fraction of sp³-hybridized carbons (Fsp3) is 0.360. The number of nitrogens with zero attached hydrogens (tertiary/aromatic N) is 4. The summed E-state index contributed by atoms with van der Waals surface area (Å²) in [7, 11) is -1.85. The van der Waals surface area contributed by atoms with E-state index >= 15 is 0 Å². The number of aliphatic imine (C=N–C) groups is 1. The Morgan fingerprint density at radius 1 is 1.22 bits per heavy atom. The van der Waals surface area contributed by atoms with Crippen molar-refractivity contribution in [1.29, 1.82) is 0 Å². The van der Waals surface area contributed by atoms with Gasteiger partial charge < -0.3 is 9.88 Å². The third-order valence-corrected chi connectivity index (χ3v) is 7.63. The van der Waals surface area contributed by atoms with Crippen LogP contribution in [0.25, 0.3) is 11.4 Å². The first-order valence-electron chi connectivity index (χ1n) is 11.5. The van der Waals surface area contributed by atoms with Crippen LogP contribution in [0.3, 0.4) is 0 Å². The molecule has 1 aliphatic carbocycles. The van der Waals surface area contributed by atoms with Crippen LogP contribution in [0.2, 0.25) is 0 Å². The lowest BCUT2D eigenvalue weighted by atomic mass is 10.1. The zero-order chi connectivity index (χ0) is 25.8. The predicted octanol–water partition coefficient (Wildman–Crippen LogP) is 4.35. The van der Waals surface area contributed by atoms with E-state index < -0.39 is 16.3 Å². The number of imidazole rings is 1. The monoisotopic (exact) mass is 513 g/mol. The van der Waals surface area contributed by atoms with Crippen LogP contribution in [0.15, 0.2) is 40.4 Å². The number of aromatic nitrogens is 3. The van der Waals surface area contributed by atoms with Gasteiger partial charge >= 0.3 is 0 Å². The van der Waals surface area contributed by atoms with Gasteiger partial charge in [-0.25, -0.2) is 27.2 Å². The summed E-state index contributed by atoms with van der Waals surface area (Å²) in [5, 5.41) is 3.09. The topological polar surface area (TPSA) is 106 Å². The standard InChI is InChI=1S/C25H25F2N5O3S/c1-13-12-28-25(32(13)2)15-6-7-17(22(8-15)36(3,34)35)30-18-9-16(10-21(33)14-4-5-14)29-19-11-20(24(26)27)31-23(18)19/h6-9,12,14,24H,4-5,10-11H2,1-3H3,(H,29,30). The van der Waals surface area contributed by atoms with Gasteiger partial charge in [0.1, 0.15) is 17.3 Å². The first-order chi connectivity index (χ1) is 17.0. The van der Waals surface area contributed by atoms with Gasteiger partial charge in [0.25, 0.3) is 6.43 Å². The largest absolute Gasteiger partial charge is 0.353 e. The second-order valence-electron chi connectivity index (χ2n) is 9.34. The van der Waals surface area contributed by atoms with E-state index in [9.17, 15) is 22.0 Å². The molecule has 1 aliphatic heterocycles. The summed E-state index contributed by atoms with van der Waals surface area (Å²) < 4.78 is 54.2. The van der Waals surface area contributed by atoms with Crippen LogP contribution in [-0.4, -0.2) is 47.1 Å². The highest BCUT2D eigenvalue weighted by Crippen LogP contribution is 2.39. The van der Waals surface area contributed by atoms with Gasteiger partial charge in [0.15, 0.2) is 9.84 Å². The molecule has 0 spiro atoms. The average molecular weight is 514 g/mol. The SMILES string of the molecule is Cc1cnc(-c2ccc(Nc3cc(CC(=O)C4CC4)nc4c3N=C(C(F)F)C4)c(S(C)(=O)=O)c2)n1C. The molecule has 5 rings (SSSR count). The highest BCUT2D eigenvalue weighted by molar-refractivity contribution is 7.90. The normalized spacial score (nSPS) is 15.2. The summed E-state index contributed by atoms with van der Waals surface area (Å²) in [5.74, 6) is 0.706. The van der Waals surface area contributed by atoms with E-state index in [1.165, 1.54) is 6.07 Å². The lowest BCUT2D eigenvalue weighted by molar-refractivity contribution is -0.119. The van der Waals surface area contributed by atoms with E-state index in [4.69, 9.17) is 0 Å². The maximum atomic E-state index is 13.4. The van der Waals surface area contributed by atoms with E-state index in [1.54, 1.807) is 24.4 Å². The summed E-state index contributed by atoms with van der Waals surface area (Å²) >= 11 is 0.